The van der Waals surface area contributed by atoms with E-state index in [0.717, 1.165) is 10.9 Å². The van der Waals surface area contributed by atoms with E-state index in [1.54, 1.807) is 6.20 Å². The van der Waals surface area contributed by atoms with E-state index < -0.39 is 120 Å². The molecule has 0 aliphatic rings. The van der Waals surface area contributed by atoms with Crippen LogP contribution in [0.4, 0.5) is 0 Å². The van der Waals surface area contributed by atoms with Crippen LogP contribution in [-0.4, -0.2) is 175 Å². The number of hydrogen-bond acceptors (Lipinski definition) is 16. The average molecular weight is 1340 g/mol. The number of carboxylic acids is 1. The quantitative estimate of drug-likeness (QED) is 0.0156. The number of nitrogens with two attached hydrogens (primary N) is 5. The predicted octanol–water partition coefficient (Wildman–Crippen LogP) is -0.0869. The first-order valence-electron chi connectivity index (χ1n) is 33.3. The summed E-state index contributed by atoms with van der Waals surface area (Å²) in [6.07, 6.45) is 9.90. The van der Waals surface area contributed by atoms with Crippen molar-refractivity contribution in [1.82, 2.24) is 72.8 Å². The number of para-hydroxylation sites is 1. The number of fused-ring (bicyclic) bond motifs is 1. The predicted molar refractivity (Wildman–Crippen MR) is 363 cm³/mol. The molecule has 0 radical (unpaired) electrons. The Labute approximate surface area is 561 Å². The van der Waals surface area contributed by atoms with Crippen molar-refractivity contribution in [2.75, 3.05) is 19.6 Å². The van der Waals surface area contributed by atoms with Crippen LogP contribution in [0.5, 0.6) is 0 Å². The number of aromatic amines is 3. The summed E-state index contributed by atoms with van der Waals surface area (Å²) >= 11 is 0. The van der Waals surface area contributed by atoms with Gasteiger partial charge in [-0.05, 0) is 125 Å². The largest absolute Gasteiger partial charge is 0.480 e. The van der Waals surface area contributed by atoms with Gasteiger partial charge < -0.3 is 96.6 Å². The monoisotopic (exact) mass is 1340 g/mol. The molecule has 96 heavy (non-hydrogen) atoms. The number of aliphatic carboxylic acids is 1. The van der Waals surface area contributed by atoms with Crippen LogP contribution in [0.15, 0.2) is 60.5 Å². The van der Waals surface area contributed by atoms with Gasteiger partial charge in [0.15, 0.2) is 5.96 Å². The molecule has 4 aromatic rings. The lowest BCUT2D eigenvalue weighted by atomic mass is 9.97. The van der Waals surface area contributed by atoms with Crippen LogP contribution in [0.3, 0.4) is 0 Å². The summed E-state index contributed by atoms with van der Waals surface area (Å²) in [6, 6.07) is -5.13. The van der Waals surface area contributed by atoms with Crippen molar-refractivity contribution >= 4 is 76.0 Å². The van der Waals surface area contributed by atoms with Gasteiger partial charge in [0, 0.05) is 66.7 Å². The van der Waals surface area contributed by atoms with E-state index >= 15 is 0 Å². The molecule has 10 atom stereocenters. The molecular weight excluding hydrogens is 1240 g/mol. The Morgan fingerprint density at radius 2 is 0.823 bits per heavy atom. The van der Waals surface area contributed by atoms with E-state index in [2.05, 4.69) is 77.8 Å². The molecule has 3 heterocycles. The van der Waals surface area contributed by atoms with Crippen LogP contribution < -0.4 is 76.5 Å². The summed E-state index contributed by atoms with van der Waals surface area (Å²) in [5, 5.41) is 35.7. The maximum atomic E-state index is 14.7. The highest BCUT2D eigenvalue weighted by Crippen LogP contribution is 2.21. The Morgan fingerprint density at radius 1 is 0.458 bits per heavy atom. The maximum Gasteiger partial charge on any atom is 0.326 e. The smallest absolute Gasteiger partial charge is 0.326 e. The molecule has 31 nitrogen and oxygen atoms in total. The number of nitrogens with zero attached hydrogens (tertiary/aromatic N) is 3. The van der Waals surface area contributed by atoms with Crippen molar-refractivity contribution in [3.63, 3.8) is 0 Å². The van der Waals surface area contributed by atoms with Gasteiger partial charge in [0.25, 0.3) is 0 Å². The minimum absolute atomic E-state index is 0.0142. The molecular formula is C65H106N20O11. The van der Waals surface area contributed by atoms with Crippen molar-refractivity contribution in [3.8, 4) is 0 Å². The third-order valence-corrected chi connectivity index (χ3v) is 15.8. The summed E-state index contributed by atoms with van der Waals surface area (Å²) in [5.41, 5.74) is 31.7. The number of nitrogens with one attached hydrogen (secondary N) is 12. The van der Waals surface area contributed by atoms with Crippen molar-refractivity contribution in [2.24, 2.45) is 57.3 Å². The lowest BCUT2D eigenvalue weighted by molar-refractivity contribution is -0.142. The second-order valence-electron chi connectivity index (χ2n) is 26.2. The van der Waals surface area contributed by atoms with E-state index in [1.165, 1.54) is 25.0 Å². The maximum absolute atomic E-state index is 14.7. The van der Waals surface area contributed by atoms with Crippen LogP contribution in [0.1, 0.15) is 149 Å². The molecule has 0 unspecified atom stereocenters. The second kappa shape index (κ2) is 41.1. The lowest BCUT2D eigenvalue weighted by Crippen LogP contribution is -2.61. The van der Waals surface area contributed by atoms with Crippen molar-refractivity contribution in [2.45, 2.75) is 212 Å². The third-order valence-electron chi connectivity index (χ3n) is 15.8. The van der Waals surface area contributed by atoms with E-state index in [4.69, 9.17) is 28.7 Å². The minimum atomic E-state index is -1.38. The fraction of sp³-hybridized carbons (Fsp3) is 0.615. The number of unbranched alkanes of at least 4 members (excludes halogenated alkanes) is 2. The SMILES string of the molecule is CC(C)C[C@H](NC(=O)[C@H](CC(C)C)NC(=O)[C@H](CC(C)C)NC(=O)[C@H](CC(C)C)NC(=O)[C@H](CCCN=C(N)N)NC(=O)[C@H](Cc1c[nH]c2ccccc12)NC(=O)[C@@H](N)Cc1cnc[nH]1)C(=O)N[C@@H](CCCCN)C(=O)N[C@@H](CCCCN)C(=O)N[C@@H](Cc1cnc[nH]1)C(=O)O. The third kappa shape index (κ3) is 28.2. The zero-order chi connectivity index (χ0) is 71.0. The highest BCUT2D eigenvalue weighted by molar-refractivity contribution is 5.99. The normalized spacial score (nSPS) is 14.6. The fourth-order valence-electron chi connectivity index (χ4n) is 10.8. The number of aliphatic imine (C=N–C) groups is 1. The highest BCUT2D eigenvalue weighted by Gasteiger charge is 2.37. The van der Waals surface area contributed by atoms with Crippen LogP contribution in [0, 0.1) is 23.7 Å². The molecule has 3 aromatic heterocycles. The zero-order valence-corrected chi connectivity index (χ0v) is 56.8. The number of rotatable bonds is 45. The molecule has 0 aliphatic heterocycles. The van der Waals surface area contributed by atoms with Crippen LogP contribution >= 0.6 is 0 Å². The number of benzene rings is 1. The number of H-pyrrole nitrogens is 3. The van der Waals surface area contributed by atoms with Crippen molar-refractivity contribution < 1.29 is 53.1 Å². The first kappa shape index (κ1) is 79.5. The number of carbonyl (C=O) groups is 10. The van der Waals surface area contributed by atoms with Crippen LogP contribution in [0.2, 0.25) is 0 Å². The van der Waals surface area contributed by atoms with Crippen LogP contribution in [-0.2, 0) is 67.2 Å². The van der Waals surface area contributed by atoms with Crippen molar-refractivity contribution in [1.29, 1.82) is 0 Å². The Hall–Kier alpha value is -8.97. The summed E-state index contributed by atoms with van der Waals surface area (Å²) in [4.78, 5) is 163. The summed E-state index contributed by atoms with van der Waals surface area (Å²) in [5.74, 6) is -8.85. The zero-order valence-electron chi connectivity index (χ0n) is 56.8. The number of aromatic nitrogens is 5. The molecule has 0 bridgehead atoms. The topological polar surface area (TPSA) is 515 Å². The van der Waals surface area contributed by atoms with Gasteiger partial charge in [0.05, 0.1) is 18.7 Å². The van der Waals surface area contributed by atoms with Crippen LogP contribution in [0.25, 0.3) is 10.9 Å². The van der Waals surface area contributed by atoms with E-state index in [1.807, 2.05) is 79.7 Å². The number of amides is 9. The first-order valence-corrected chi connectivity index (χ1v) is 33.3. The lowest BCUT2D eigenvalue weighted by Gasteiger charge is -2.30. The number of guanidine groups is 1. The Kier molecular flexibility index (Phi) is 34.0. The molecule has 532 valence electrons. The summed E-state index contributed by atoms with van der Waals surface area (Å²) in [6.45, 7) is 15.3. The molecule has 23 N–H and O–H groups in total. The minimum Gasteiger partial charge on any atom is -0.480 e. The molecule has 0 spiro atoms. The molecule has 0 fully saturated rings. The fourth-order valence-corrected chi connectivity index (χ4v) is 10.8. The molecule has 0 saturated heterocycles. The second-order valence-corrected chi connectivity index (χ2v) is 26.2. The number of carbonyl (C=O) groups excluding carboxylic acids is 9. The average Bonchev–Trinajstić information content (AvgIpc) is 1.63. The van der Waals surface area contributed by atoms with Gasteiger partial charge in [0.1, 0.15) is 54.4 Å². The van der Waals surface area contributed by atoms with Crippen molar-refractivity contribution in [3.05, 3.63) is 72.5 Å². The number of hydrogen-bond donors (Lipinski definition) is 18. The summed E-state index contributed by atoms with van der Waals surface area (Å²) in [7, 11) is 0. The highest BCUT2D eigenvalue weighted by atomic mass is 16.4. The molecule has 31 heteroatoms. The van der Waals surface area contributed by atoms with E-state index in [0.29, 0.717) is 49.2 Å². The summed E-state index contributed by atoms with van der Waals surface area (Å²) < 4.78 is 0. The van der Waals surface area contributed by atoms with Gasteiger partial charge in [-0.25, -0.2) is 14.8 Å². The van der Waals surface area contributed by atoms with E-state index in [9.17, 15) is 53.1 Å². The Morgan fingerprint density at radius 3 is 1.21 bits per heavy atom. The van der Waals surface area contributed by atoms with Gasteiger partial charge in [-0.3, -0.25) is 48.1 Å². The molecule has 1 aromatic carbocycles. The first-order chi connectivity index (χ1) is 45.6. The number of carboxylic acid groups (broad SMARTS) is 1. The van der Waals surface area contributed by atoms with Gasteiger partial charge in [-0.1, -0.05) is 73.6 Å². The Bertz CT molecular complexity index is 3130. The molecule has 4 rings (SSSR count). The van der Waals surface area contributed by atoms with Gasteiger partial charge in [0.2, 0.25) is 53.2 Å². The number of imidazole rings is 2. The van der Waals surface area contributed by atoms with Gasteiger partial charge in [-0.2, -0.15) is 0 Å². The van der Waals surface area contributed by atoms with Gasteiger partial charge >= 0.3 is 5.97 Å². The standard InChI is InChI=1S/C65H106N20O11/c1-36(2)24-49(59(90)78-46(18-11-13-21-66)56(87)77-47(19-12-14-22-67)58(89)85-54(64(95)96)30-42-33-72-35-76-42)82-61(92)51(26-38(5)6)84-62(93)52(27-39(7)8)83-60(91)50(25-37(3)4)81-57(88)48(20-15-23-73-65(69)70)79-63(94)53(28-40-31-74-45-17-10-9-16-43(40)45)80-55(86)44(68)29-41-32-71-34-75-41/h9-10,16-17,31-39,44,46-54,74H,11-15,18-30,66-68H2,1-8H3,(H,71,75)(H,72,76)(H,77,87)(H,78,90)(H,79,94)(H,80,86)(H,81,88)(H,82,92)(H,83,91)(H,84,93)(H,85,89)(H,95,96)(H4,69,70,73)/t44-,46-,47-,48-,49-,50-,51-,52-,53-,54-/m0/s1. The Balaban J connectivity index is 1.58. The van der Waals surface area contributed by atoms with E-state index in [-0.39, 0.29) is 113 Å². The molecule has 0 aliphatic carbocycles. The molecule has 9 amide bonds. The van der Waals surface area contributed by atoms with Gasteiger partial charge in [-0.15, -0.1) is 0 Å². The molecule has 0 saturated carbocycles.